The SMILES string of the molecule is CSC1(CN)CCN(c2nncs2)CC1. The molecular weight excluding hydrogens is 228 g/mol. The third-order valence-electron chi connectivity index (χ3n) is 3.10. The fourth-order valence-electron chi connectivity index (χ4n) is 1.90. The maximum atomic E-state index is 5.85. The zero-order valence-corrected chi connectivity index (χ0v) is 10.5. The zero-order valence-electron chi connectivity index (χ0n) is 8.85. The maximum Gasteiger partial charge on any atom is 0.208 e. The molecule has 1 aliphatic heterocycles. The van der Waals surface area contributed by atoms with Crippen molar-refractivity contribution in [3.63, 3.8) is 0 Å². The third-order valence-corrected chi connectivity index (χ3v) is 5.29. The second kappa shape index (κ2) is 4.67. The molecule has 2 N–H and O–H groups in total. The fourth-order valence-corrected chi connectivity index (χ4v) is 3.27. The second-order valence-electron chi connectivity index (χ2n) is 3.80. The van der Waals surface area contributed by atoms with Crippen LogP contribution in [0.1, 0.15) is 12.8 Å². The molecule has 0 unspecified atom stereocenters. The Kier molecular flexibility index (Phi) is 3.48. The van der Waals surface area contributed by atoms with Gasteiger partial charge in [0.1, 0.15) is 5.51 Å². The van der Waals surface area contributed by atoms with Crippen LogP contribution in [-0.4, -0.2) is 40.8 Å². The van der Waals surface area contributed by atoms with E-state index in [2.05, 4.69) is 21.4 Å². The first-order valence-electron chi connectivity index (χ1n) is 5.06. The largest absolute Gasteiger partial charge is 0.347 e. The molecule has 0 aliphatic carbocycles. The normalized spacial score (nSPS) is 20.5. The van der Waals surface area contributed by atoms with Crippen molar-refractivity contribution in [1.29, 1.82) is 0 Å². The maximum absolute atomic E-state index is 5.85. The van der Waals surface area contributed by atoms with Gasteiger partial charge in [-0.25, -0.2) is 0 Å². The number of nitrogens with two attached hydrogens (primary N) is 1. The molecule has 1 aromatic rings. The topological polar surface area (TPSA) is 55.0 Å². The highest BCUT2D eigenvalue weighted by molar-refractivity contribution is 8.00. The predicted octanol–water partition coefficient (Wildman–Crippen LogP) is 1.20. The third kappa shape index (κ3) is 2.26. The summed E-state index contributed by atoms with van der Waals surface area (Å²) in [6.07, 6.45) is 4.45. The van der Waals surface area contributed by atoms with E-state index < -0.39 is 0 Å². The van der Waals surface area contributed by atoms with Gasteiger partial charge in [-0.15, -0.1) is 10.2 Å². The summed E-state index contributed by atoms with van der Waals surface area (Å²) >= 11 is 3.52. The number of rotatable bonds is 3. The van der Waals surface area contributed by atoms with Gasteiger partial charge in [-0.1, -0.05) is 11.3 Å². The standard InChI is InChI=1S/C9H16N4S2/c1-14-9(6-10)2-4-13(5-3-9)8-12-11-7-15-8/h7H,2-6,10H2,1H3. The molecule has 6 heteroatoms. The number of hydrogen-bond donors (Lipinski definition) is 1. The van der Waals surface area contributed by atoms with Gasteiger partial charge in [0.05, 0.1) is 0 Å². The molecule has 0 bridgehead atoms. The molecule has 1 aliphatic rings. The molecule has 0 atom stereocenters. The lowest BCUT2D eigenvalue weighted by atomic mass is 9.96. The predicted molar refractivity (Wildman–Crippen MR) is 66.7 cm³/mol. The lowest BCUT2D eigenvalue weighted by Gasteiger charge is -2.39. The molecule has 4 nitrogen and oxygen atoms in total. The van der Waals surface area contributed by atoms with Crippen LogP contribution >= 0.6 is 23.1 Å². The molecule has 0 aromatic carbocycles. The Balaban J connectivity index is 1.97. The lowest BCUT2D eigenvalue weighted by Crippen LogP contribution is -2.46. The van der Waals surface area contributed by atoms with Gasteiger partial charge < -0.3 is 10.6 Å². The average Bonchev–Trinajstić information content (AvgIpc) is 2.83. The minimum absolute atomic E-state index is 0.293. The van der Waals surface area contributed by atoms with Gasteiger partial charge in [0.15, 0.2) is 0 Å². The molecule has 0 amide bonds. The zero-order chi connectivity index (χ0) is 10.7. The Morgan fingerprint density at radius 2 is 2.33 bits per heavy atom. The second-order valence-corrected chi connectivity index (χ2v) is 5.89. The first-order chi connectivity index (χ1) is 7.29. The van der Waals surface area contributed by atoms with Crippen molar-refractivity contribution in [3.05, 3.63) is 5.51 Å². The Hall–Kier alpha value is -0.330. The average molecular weight is 244 g/mol. The van der Waals surface area contributed by atoms with Crippen LogP contribution in [-0.2, 0) is 0 Å². The van der Waals surface area contributed by atoms with Crippen molar-refractivity contribution in [2.45, 2.75) is 17.6 Å². The summed E-state index contributed by atoms with van der Waals surface area (Å²) in [5.41, 5.74) is 7.63. The highest BCUT2D eigenvalue weighted by Gasteiger charge is 2.33. The monoisotopic (exact) mass is 244 g/mol. The highest BCUT2D eigenvalue weighted by Crippen LogP contribution is 2.35. The van der Waals surface area contributed by atoms with Crippen LogP contribution in [0.15, 0.2) is 5.51 Å². The molecule has 0 saturated carbocycles. The Morgan fingerprint density at radius 1 is 1.60 bits per heavy atom. The van der Waals surface area contributed by atoms with E-state index in [1.54, 1.807) is 16.8 Å². The highest BCUT2D eigenvalue weighted by atomic mass is 32.2. The smallest absolute Gasteiger partial charge is 0.208 e. The number of nitrogens with zero attached hydrogens (tertiary/aromatic N) is 3. The van der Waals surface area contributed by atoms with Crippen molar-refractivity contribution >= 4 is 28.2 Å². The number of anilines is 1. The molecule has 0 radical (unpaired) electrons. The summed E-state index contributed by atoms with van der Waals surface area (Å²) in [5.74, 6) is 0. The van der Waals surface area contributed by atoms with E-state index in [1.807, 2.05) is 11.8 Å². The summed E-state index contributed by atoms with van der Waals surface area (Å²) in [5, 5.41) is 9.01. The Labute approximate surface area is 98.3 Å². The van der Waals surface area contributed by atoms with Crippen molar-refractivity contribution in [2.24, 2.45) is 5.73 Å². The fraction of sp³-hybridized carbons (Fsp3) is 0.778. The summed E-state index contributed by atoms with van der Waals surface area (Å²) in [4.78, 5) is 2.31. The van der Waals surface area contributed by atoms with Gasteiger partial charge in [0.25, 0.3) is 0 Å². The molecular formula is C9H16N4S2. The molecule has 0 spiro atoms. The van der Waals surface area contributed by atoms with Crippen LogP contribution in [0.5, 0.6) is 0 Å². The van der Waals surface area contributed by atoms with Crippen molar-refractivity contribution < 1.29 is 0 Å². The molecule has 2 heterocycles. The van der Waals surface area contributed by atoms with E-state index in [1.165, 1.54) is 0 Å². The summed E-state index contributed by atoms with van der Waals surface area (Å²) in [6.45, 7) is 2.87. The molecule has 1 aromatic heterocycles. The van der Waals surface area contributed by atoms with Crippen LogP contribution in [0.3, 0.4) is 0 Å². The molecule has 1 fully saturated rings. The molecule has 1 saturated heterocycles. The van der Waals surface area contributed by atoms with E-state index in [4.69, 9.17) is 5.73 Å². The summed E-state index contributed by atoms with van der Waals surface area (Å²) in [7, 11) is 0. The first-order valence-corrected chi connectivity index (χ1v) is 7.16. The number of aromatic nitrogens is 2. The number of piperidine rings is 1. The van der Waals surface area contributed by atoms with Crippen molar-refractivity contribution in [3.8, 4) is 0 Å². The van der Waals surface area contributed by atoms with Crippen LogP contribution in [0, 0.1) is 0 Å². The number of thioether (sulfide) groups is 1. The quantitative estimate of drug-likeness (QED) is 0.866. The minimum atomic E-state index is 0.293. The first kappa shape index (κ1) is 11.2. The Morgan fingerprint density at radius 3 is 2.80 bits per heavy atom. The molecule has 84 valence electrons. The molecule has 15 heavy (non-hydrogen) atoms. The van der Waals surface area contributed by atoms with E-state index in [9.17, 15) is 0 Å². The van der Waals surface area contributed by atoms with Gasteiger partial charge in [-0.3, -0.25) is 0 Å². The molecule has 2 rings (SSSR count). The minimum Gasteiger partial charge on any atom is -0.347 e. The van der Waals surface area contributed by atoms with Gasteiger partial charge in [-0.05, 0) is 19.1 Å². The van der Waals surface area contributed by atoms with Crippen LogP contribution in [0.25, 0.3) is 0 Å². The van der Waals surface area contributed by atoms with E-state index in [-0.39, 0.29) is 0 Å². The van der Waals surface area contributed by atoms with Crippen LogP contribution in [0.2, 0.25) is 0 Å². The summed E-state index contributed by atoms with van der Waals surface area (Å²) in [6, 6.07) is 0. The van der Waals surface area contributed by atoms with Crippen LogP contribution in [0.4, 0.5) is 5.13 Å². The Bertz CT molecular complexity index is 287. The van der Waals surface area contributed by atoms with Crippen molar-refractivity contribution in [1.82, 2.24) is 10.2 Å². The van der Waals surface area contributed by atoms with E-state index >= 15 is 0 Å². The van der Waals surface area contributed by atoms with E-state index in [0.29, 0.717) is 4.75 Å². The van der Waals surface area contributed by atoms with Gasteiger partial charge >= 0.3 is 0 Å². The van der Waals surface area contributed by atoms with Crippen LogP contribution < -0.4 is 10.6 Å². The van der Waals surface area contributed by atoms with Gasteiger partial charge in [-0.2, -0.15) is 11.8 Å². The summed E-state index contributed by atoms with van der Waals surface area (Å²) < 4.78 is 0.293. The van der Waals surface area contributed by atoms with E-state index in [0.717, 1.165) is 37.6 Å². The lowest BCUT2D eigenvalue weighted by molar-refractivity contribution is 0.456. The number of hydrogen-bond acceptors (Lipinski definition) is 6. The van der Waals surface area contributed by atoms with Crippen molar-refractivity contribution in [2.75, 3.05) is 30.8 Å². The van der Waals surface area contributed by atoms with Gasteiger partial charge in [0.2, 0.25) is 5.13 Å². The van der Waals surface area contributed by atoms with Gasteiger partial charge in [0, 0.05) is 24.4 Å².